The quantitative estimate of drug-likeness (QED) is 0.587. The summed E-state index contributed by atoms with van der Waals surface area (Å²) in [5.74, 6) is 2.99. The average Bonchev–Trinajstić information content (AvgIpc) is 2.71. The van der Waals surface area contributed by atoms with E-state index < -0.39 is 0 Å². The molecule has 0 bridgehead atoms. The normalized spacial score (nSPS) is 14.5. The Kier molecular flexibility index (Phi) is 7.38. The molecule has 0 saturated heterocycles. The van der Waals surface area contributed by atoms with Crippen LogP contribution < -0.4 is 16.0 Å². The lowest BCUT2D eigenvalue weighted by molar-refractivity contribution is -0.121. The number of carbonyl (C=O) groups is 1. The number of pyridine rings is 1. The maximum absolute atomic E-state index is 12.0. The van der Waals surface area contributed by atoms with E-state index in [0.29, 0.717) is 31.1 Å². The fourth-order valence-corrected chi connectivity index (χ4v) is 3.38. The van der Waals surface area contributed by atoms with Crippen LogP contribution in [-0.2, 0) is 4.79 Å². The Labute approximate surface area is 160 Å². The summed E-state index contributed by atoms with van der Waals surface area (Å²) in [5, 5.41) is 9.31. The highest BCUT2D eigenvalue weighted by Gasteiger charge is 2.14. The van der Waals surface area contributed by atoms with Crippen LogP contribution in [0.4, 0.5) is 17.5 Å². The first-order valence-corrected chi connectivity index (χ1v) is 9.80. The van der Waals surface area contributed by atoms with Crippen LogP contribution in [0.25, 0.3) is 0 Å². The minimum Gasteiger partial charge on any atom is -0.368 e. The lowest BCUT2D eigenvalue weighted by Gasteiger charge is -2.21. The molecule has 7 nitrogen and oxygen atoms in total. The monoisotopic (exact) mass is 368 g/mol. The highest BCUT2D eigenvalue weighted by Crippen LogP contribution is 2.27. The Morgan fingerprint density at radius 2 is 1.85 bits per heavy atom. The molecule has 144 valence electrons. The topological polar surface area (TPSA) is 91.8 Å². The smallest absolute Gasteiger partial charge is 0.220 e. The van der Waals surface area contributed by atoms with Gasteiger partial charge in [0.2, 0.25) is 5.91 Å². The number of hydrogen-bond acceptors (Lipinski definition) is 6. The van der Waals surface area contributed by atoms with E-state index in [1.807, 2.05) is 24.3 Å². The summed E-state index contributed by atoms with van der Waals surface area (Å²) in [6.45, 7) is 1.20. The predicted molar refractivity (Wildman–Crippen MR) is 107 cm³/mol. The Morgan fingerprint density at radius 1 is 1.00 bits per heavy atom. The van der Waals surface area contributed by atoms with Gasteiger partial charge in [0.05, 0.1) is 0 Å². The maximum Gasteiger partial charge on any atom is 0.220 e. The van der Waals surface area contributed by atoms with Gasteiger partial charge in [-0.05, 0) is 24.5 Å². The molecule has 0 atom stereocenters. The molecule has 0 unspecified atom stereocenters. The first kappa shape index (κ1) is 19.1. The molecule has 1 amide bonds. The molecule has 27 heavy (non-hydrogen) atoms. The third-order valence-electron chi connectivity index (χ3n) is 4.85. The Morgan fingerprint density at radius 3 is 2.67 bits per heavy atom. The van der Waals surface area contributed by atoms with Crippen LogP contribution in [0.2, 0.25) is 0 Å². The fraction of sp³-hybridized carbons (Fsp3) is 0.500. The van der Waals surface area contributed by atoms with Gasteiger partial charge in [0.25, 0.3) is 0 Å². The van der Waals surface area contributed by atoms with Crippen molar-refractivity contribution >= 4 is 23.4 Å². The van der Waals surface area contributed by atoms with Gasteiger partial charge in [-0.15, -0.1) is 0 Å². The van der Waals surface area contributed by atoms with Gasteiger partial charge in [-0.3, -0.25) is 4.79 Å². The minimum absolute atomic E-state index is 0.141. The van der Waals surface area contributed by atoms with Gasteiger partial charge in [0.1, 0.15) is 23.8 Å². The van der Waals surface area contributed by atoms with E-state index in [1.54, 1.807) is 6.20 Å². The molecule has 1 aliphatic carbocycles. The molecule has 3 N–H and O–H groups in total. The molecule has 0 spiro atoms. The summed E-state index contributed by atoms with van der Waals surface area (Å²) in [6, 6.07) is 7.46. The summed E-state index contributed by atoms with van der Waals surface area (Å²) < 4.78 is 0. The van der Waals surface area contributed by atoms with Crippen molar-refractivity contribution in [1.29, 1.82) is 0 Å². The molecule has 1 aliphatic rings. The van der Waals surface area contributed by atoms with Crippen LogP contribution in [0.5, 0.6) is 0 Å². The van der Waals surface area contributed by atoms with Gasteiger partial charge in [-0.2, -0.15) is 0 Å². The number of nitrogens with zero attached hydrogens (tertiary/aromatic N) is 3. The van der Waals surface area contributed by atoms with E-state index in [1.165, 1.54) is 38.4 Å². The van der Waals surface area contributed by atoms with Crippen molar-refractivity contribution in [2.75, 3.05) is 23.7 Å². The zero-order chi connectivity index (χ0) is 18.7. The second kappa shape index (κ2) is 10.4. The summed E-state index contributed by atoms with van der Waals surface area (Å²) >= 11 is 0. The molecule has 1 saturated carbocycles. The molecule has 2 aromatic rings. The second-order valence-corrected chi connectivity index (χ2v) is 6.95. The van der Waals surface area contributed by atoms with Crippen LogP contribution in [0.3, 0.4) is 0 Å². The van der Waals surface area contributed by atoms with Crippen molar-refractivity contribution in [3.8, 4) is 0 Å². The Balaban J connectivity index is 1.34. The lowest BCUT2D eigenvalue weighted by Crippen LogP contribution is -2.29. The second-order valence-electron chi connectivity index (χ2n) is 6.95. The van der Waals surface area contributed by atoms with Gasteiger partial charge < -0.3 is 16.0 Å². The van der Waals surface area contributed by atoms with E-state index in [2.05, 4.69) is 30.9 Å². The van der Waals surface area contributed by atoms with Crippen molar-refractivity contribution in [2.24, 2.45) is 5.92 Å². The van der Waals surface area contributed by atoms with Gasteiger partial charge >= 0.3 is 0 Å². The Bertz CT molecular complexity index is 703. The molecular formula is C20H28N6O. The Hall–Kier alpha value is -2.70. The van der Waals surface area contributed by atoms with E-state index in [9.17, 15) is 4.79 Å². The van der Waals surface area contributed by atoms with Gasteiger partial charge in [0.15, 0.2) is 0 Å². The first-order chi connectivity index (χ1) is 13.3. The zero-order valence-electron chi connectivity index (χ0n) is 15.7. The number of amides is 1. The standard InChI is InChI=1S/C20H28N6O/c27-20(10-9-16-6-2-1-3-7-16)23-13-12-22-18-14-19(25-15-24-18)26-17-8-4-5-11-21-17/h4-5,8,11,14-16H,1-3,6-7,9-10,12-13H2,(H,23,27)(H2,21,22,24,25,26). The molecule has 0 radical (unpaired) electrons. The molecule has 1 fully saturated rings. The molecule has 0 aliphatic heterocycles. The highest BCUT2D eigenvalue weighted by atomic mass is 16.1. The average molecular weight is 368 g/mol. The number of anilines is 3. The fourth-order valence-electron chi connectivity index (χ4n) is 3.38. The largest absolute Gasteiger partial charge is 0.368 e. The van der Waals surface area contributed by atoms with Crippen molar-refractivity contribution in [3.05, 3.63) is 36.8 Å². The van der Waals surface area contributed by atoms with Crippen LogP contribution in [0.1, 0.15) is 44.9 Å². The maximum atomic E-state index is 12.0. The van der Waals surface area contributed by atoms with Crippen LogP contribution in [-0.4, -0.2) is 33.9 Å². The predicted octanol–water partition coefficient (Wildman–Crippen LogP) is 3.50. The van der Waals surface area contributed by atoms with E-state index >= 15 is 0 Å². The summed E-state index contributed by atoms with van der Waals surface area (Å²) in [6.07, 6.45) is 11.5. The van der Waals surface area contributed by atoms with Gasteiger partial charge in [-0.1, -0.05) is 38.2 Å². The first-order valence-electron chi connectivity index (χ1n) is 9.80. The molecule has 2 aromatic heterocycles. The highest BCUT2D eigenvalue weighted by molar-refractivity contribution is 5.75. The van der Waals surface area contributed by atoms with Gasteiger partial charge in [-0.25, -0.2) is 15.0 Å². The van der Waals surface area contributed by atoms with Crippen molar-refractivity contribution in [2.45, 2.75) is 44.9 Å². The van der Waals surface area contributed by atoms with Crippen LogP contribution >= 0.6 is 0 Å². The molecule has 7 heteroatoms. The minimum atomic E-state index is 0.141. The van der Waals surface area contributed by atoms with E-state index in [4.69, 9.17) is 0 Å². The number of rotatable bonds is 9. The van der Waals surface area contributed by atoms with Crippen LogP contribution in [0.15, 0.2) is 36.8 Å². The number of aromatic nitrogens is 3. The van der Waals surface area contributed by atoms with Crippen molar-refractivity contribution in [3.63, 3.8) is 0 Å². The van der Waals surface area contributed by atoms with Crippen molar-refractivity contribution in [1.82, 2.24) is 20.3 Å². The summed E-state index contributed by atoms with van der Waals surface area (Å²) in [4.78, 5) is 24.6. The summed E-state index contributed by atoms with van der Waals surface area (Å²) in [7, 11) is 0. The summed E-state index contributed by atoms with van der Waals surface area (Å²) in [5.41, 5.74) is 0. The molecule has 2 heterocycles. The number of hydrogen-bond donors (Lipinski definition) is 3. The van der Waals surface area contributed by atoms with Gasteiger partial charge in [0, 0.05) is 31.8 Å². The molecule has 0 aromatic carbocycles. The molecular weight excluding hydrogens is 340 g/mol. The zero-order valence-corrected chi connectivity index (χ0v) is 15.7. The molecule has 3 rings (SSSR count). The van der Waals surface area contributed by atoms with Crippen LogP contribution in [0, 0.1) is 5.92 Å². The number of carbonyl (C=O) groups excluding carboxylic acids is 1. The number of nitrogens with one attached hydrogen (secondary N) is 3. The lowest BCUT2D eigenvalue weighted by atomic mass is 9.86. The van der Waals surface area contributed by atoms with E-state index in [-0.39, 0.29) is 5.91 Å². The van der Waals surface area contributed by atoms with E-state index in [0.717, 1.165) is 18.2 Å². The SMILES string of the molecule is O=C(CCC1CCCCC1)NCCNc1cc(Nc2ccccn2)ncn1. The third kappa shape index (κ3) is 6.84. The van der Waals surface area contributed by atoms with Crippen molar-refractivity contribution < 1.29 is 4.79 Å². The third-order valence-corrected chi connectivity index (χ3v) is 4.85.